The van der Waals surface area contributed by atoms with Crippen molar-refractivity contribution in [1.82, 2.24) is 9.62 Å². The van der Waals surface area contributed by atoms with Crippen LogP contribution < -0.4 is 4.72 Å². The number of methoxy groups -OCH3 is 1. The molecule has 8 heteroatoms. The van der Waals surface area contributed by atoms with Gasteiger partial charge in [-0.3, -0.25) is 4.90 Å². The Bertz CT molecular complexity index is 888. The van der Waals surface area contributed by atoms with Gasteiger partial charge in [0.15, 0.2) is 0 Å². The number of hydrogen-bond acceptors (Lipinski definition) is 6. The van der Waals surface area contributed by atoms with Crippen molar-refractivity contribution in [3.63, 3.8) is 0 Å². The monoisotopic (exact) mass is 408 g/mol. The zero-order chi connectivity index (χ0) is 19.4. The van der Waals surface area contributed by atoms with Crippen molar-refractivity contribution >= 4 is 27.3 Å². The van der Waals surface area contributed by atoms with E-state index in [1.165, 1.54) is 13.2 Å². The van der Waals surface area contributed by atoms with Crippen LogP contribution in [0.2, 0.25) is 0 Å². The molecule has 6 nitrogen and oxygen atoms in total. The van der Waals surface area contributed by atoms with E-state index < -0.39 is 16.0 Å². The van der Waals surface area contributed by atoms with E-state index in [9.17, 15) is 13.2 Å². The number of nitrogens with one attached hydrogen (secondary N) is 1. The summed E-state index contributed by atoms with van der Waals surface area (Å²) in [5.41, 5.74) is 0.807. The molecule has 1 aliphatic heterocycles. The lowest BCUT2D eigenvalue weighted by atomic mass is 10.1. The molecule has 2 heterocycles. The summed E-state index contributed by atoms with van der Waals surface area (Å²) in [4.78, 5) is 15.3. The van der Waals surface area contributed by atoms with Crippen LogP contribution in [-0.4, -0.2) is 46.0 Å². The Morgan fingerprint density at radius 1 is 1.30 bits per heavy atom. The fourth-order valence-corrected chi connectivity index (χ4v) is 5.51. The topological polar surface area (TPSA) is 75.7 Å². The summed E-state index contributed by atoms with van der Waals surface area (Å²) >= 11 is 1.64. The van der Waals surface area contributed by atoms with E-state index >= 15 is 0 Å². The first-order valence-corrected chi connectivity index (χ1v) is 11.2. The Balaban J connectivity index is 1.82. The molecule has 0 radical (unpaired) electrons. The molecule has 1 unspecified atom stereocenters. The van der Waals surface area contributed by atoms with Gasteiger partial charge >= 0.3 is 5.97 Å². The number of ether oxygens (including phenoxy) is 1. The quantitative estimate of drug-likeness (QED) is 0.713. The second-order valence-electron chi connectivity index (χ2n) is 6.60. The predicted octanol–water partition coefficient (Wildman–Crippen LogP) is 2.96. The molecule has 1 atom stereocenters. The number of nitrogens with zero attached hydrogens (tertiary/aromatic N) is 1. The van der Waals surface area contributed by atoms with Gasteiger partial charge in [0.05, 0.1) is 23.6 Å². The molecule has 0 saturated carbocycles. The summed E-state index contributed by atoms with van der Waals surface area (Å²) in [6, 6.07) is 8.62. The molecular weight excluding hydrogens is 384 g/mol. The zero-order valence-corrected chi connectivity index (χ0v) is 17.1. The Morgan fingerprint density at radius 3 is 2.67 bits per heavy atom. The Labute approximate surface area is 164 Å². The maximum atomic E-state index is 12.9. The van der Waals surface area contributed by atoms with Crippen LogP contribution in [0.25, 0.3) is 0 Å². The van der Waals surface area contributed by atoms with Crippen LogP contribution in [0.5, 0.6) is 0 Å². The van der Waals surface area contributed by atoms with Crippen LogP contribution in [0.15, 0.2) is 40.6 Å². The lowest BCUT2D eigenvalue weighted by molar-refractivity contribution is 0.0600. The Kier molecular flexibility index (Phi) is 6.31. The molecular formula is C19H24N2O4S2. The van der Waals surface area contributed by atoms with Crippen molar-refractivity contribution < 1.29 is 17.9 Å². The van der Waals surface area contributed by atoms with Gasteiger partial charge in [-0.2, -0.15) is 0 Å². The zero-order valence-electron chi connectivity index (χ0n) is 15.5. The van der Waals surface area contributed by atoms with Crippen molar-refractivity contribution in [2.24, 2.45) is 0 Å². The minimum absolute atomic E-state index is 0.0198. The number of carbonyl (C=O) groups is 1. The van der Waals surface area contributed by atoms with Crippen molar-refractivity contribution in [3.05, 3.63) is 51.7 Å². The summed E-state index contributed by atoms with van der Waals surface area (Å²) in [6.45, 7) is 3.96. The van der Waals surface area contributed by atoms with E-state index in [-0.39, 0.29) is 16.5 Å². The standard InChI is InChI=1S/C19H24N2O4S2/c1-14-7-8-15(19(22)25-2)12-18(14)27(23,24)20-13-16(17-6-5-11-26-17)21-9-3-4-10-21/h5-8,11-12,16,20H,3-4,9-10,13H2,1-2H3. The lowest BCUT2D eigenvalue weighted by Crippen LogP contribution is -2.36. The fourth-order valence-electron chi connectivity index (χ4n) is 3.34. The first-order valence-electron chi connectivity index (χ1n) is 8.88. The number of benzene rings is 1. The summed E-state index contributed by atoms with van der Waals surface area (Å²) in [5, 5.41) is 2.01. The van der Waals surface area contributed by atoms with Gasteiger partial charge in [0.25, 0.3) is 0 Å². The average Bonchev–Trinajstić information content (AvgIpc) is 3.36. The number of aryl methyl sites for hydroxylation is 1. The van der Waals surface area contributed by atoms with Crippen molar-refractivity contribution in [1.29, 1.82) is 0 Å². The van der Waals surface area contributed by atoms with Crippen molar-refractivity contribution in [3.8, 4) is 0 Å². The smallest absolute Gasteiger partial charge is 0.337 e. The fraction of sp³-hybridized carbons (Fsp3) is 0.421. The molecule has 1 saturated heterocycles. The molecule has 2 aromatic rings. The van der Waals surface area contributed by atoms with Gasteiger partial charge in [-0.15, -0.1) is 11.3 Å². The average molecular weight is 409 g/mol. The largest absolute Gasteiger partial charge is 0.465 e. The number of hydrogen-bond donors (Lipinski definition) is 1. The highest BCUT2D eigenvalue weighted by molar-refractivity contribution is 7.89. The van der Waals surface area contributed by atoms with Crippen molar-refractivity contribution in [2.45, 2.75) is 30.7 Å². The number of carbonyl (C=O) groups excluding carboxylic acids is 1. The van der Waals surface area contributed by atoms with E-state index in [0.29, 0.717) is 12.1 Å². The van der Waals surface area contributed by atoms with Gasteiger partial charge in [0, 0.05) is 11.4 Å². The Morgan fingerprint density at radius 2 is 2.04 bits per heavy atom. The van der Waals surface area contributed by atoms with Crippen LogP contribution in [0, 0.1) is 6.92 Å². The number of thiophene rings is 1. The molecule has 0 aliphatic carbocycles. The summed E-state index contributed by atoms with van der Waals surface area (Å²) in [7, 11) is -2.48. The number of rotatable bonds is 7. The van der Waals surface area contributed by atoms with Crippen LogP contribution in [0.1, 0.15) is 39.7 Å². The summed E-state index contributed by atoms with van der Waals surface area (Å²) < 4.78 is 33.3. The van der Waals surface area contributed by atoms with Crippen LogP contribution in [-0.2, 0) is 14.8 Å². The van der Waals surface area contributed by atoms with Gasteiger partial charge in [-0.1, -0.05) is 12.1 Å². The van der Waals surface area contributed by atoms with E-state index in [1.807, 2.05) is 17.5 Å². The summed E-state index contributed by atoms with van der Waals surface area (Å²) in [6.07, 6.45) is 2.27. The highest BCUT2D eigenvalue weighted by atomic mass is 32.2. The molecule has 0 amide bonds. The molecule has 1 aromatic heterocycles. The summed E-state index contributed by atoms with van der Waals surface area (Å²) in [5.74, 6) is -0.556. The Hall–Kier alpha value is -1.74. The third kappa shape index (κ3) is 4.57. The highest BCUT2D eigenvalue weighted by Crippen LogP contribution is 2.28. The maximum absolute atomic E-state index is 12.9. The van der Waals surface area contributed by atoms with Crippen LogP contribution in [0.3, 0.4) is 0 Å². The first-order chi connectivity index (χ1) is 12.9. The molecule has 1 aromatic carbocycles. The van der Waals surface area contributed by atoms with Gasteiger partial charge in [-0.25, -0.2) is 17.9 Å². The van der Waals surface area contributed by atoms with E-state index in [0.717, 1.165) is 30.8 Å². The number of sulfonamides is 1. The minimum atomic E-state index is -3.75. The third-order valence-corrected chi connectivity index (χ3v) is 7.36. The number of likely N-dealkylation sites (tertiary alicyclic amines) is 1. The first kappa shape index (κ1) is 20.0. The van der Waals surface area contributed by atoms with Gasteiger partial charge in [0.2, 0.25) is 10.0 Å². The van der Waals surface area contributed by atoms with Gasteiger partial charge in [0.1, 0.15) is 0 Å². The molecule has 146 valence electrons. The minimum Gasteiger partial charge on any atom is -0.465 e. The number of esters is 1. The SMILES string of the molecule is COC(=O)c1ccc(C)c(S(=O)(=O)NCC(c2cccs2)N2CCCC2)c1. The van der Waals surface area contributed by atoms with E-state index in [1.54, 1.807) is 30.4 Å². The van der Waals surface area contributed by atoms with E-state index in [2.05, 4.69) is 9.62 Å². The molecule has 3 rings (SSSR count). The third-order valence-electron chi connectivity index (χ3n) is 4.82. The highest BCUT2D eigenvalue weighted by Gasteiger charge is 2.27. The molecule has 1 N–H and O–H groups in total. The second-order valence-corrected chi connectivity index (χ2v) is 9.31. The van der Waals surface area contributed by atoms with Gasteiger partial charge in [-0.05, 0) is 62.0 Å². The molecule has 0 spiro atoms. The van der Waals surface area contributed by atoms with Crippen molar-refractivity contribution in [2.75, 3.05) is 26.7 Å². The predicted molar refractivity (Wildman–Crippen MR) is 106 cm³/mol. The molecule has 1 fully saturated rings. The molecule has 0 bridgehead atoms. The second kappa shape index (κ2) is 8.52. The van der Waals surface area contributed by atoms with Gasteiger partial charge < -0.3 is 4.74 Å². The maximum Gasteiger partial charge on any atom is 0.337 e. The molecule has 1 aliphatic rings. The van der Waals surface area contributed by atoms with Crippen LogP contribution in [0.4, 0.5) is 0 Å². The van der Waals surface area contributed by atoms with E-state index in [4.69, 9.17) is 4.74 Å². The normalized spacial score (nSPS) is 16.4. The lowest BCUT2D eigenvalue weighted by Gasteiger charge is -2.27. The van der Waals surface area contributed by atoms with Crippen LogP contribution >= 0.6 is 11.3 Å². The molecule has 27 heavy (non-hydrogen) atoms.